The Labute approximate surface area is 92.8 Å². The maximum atomic E-state index is 11.2. The van der Waals surface area contributed by atoms with Crippen molar-refractivity contribution in [2.75, 3.05) is 0 Å². The zero-order valence-corrected chi connectivity index (χ0v) is 8.55. The van der Waals surface area contributed by atoms with Crippen molar-refractivity contribution in [3.8, 4) is 0 Å². The van der Waals surface area contributed by atoms with Crippen molar-refractivity contribution in [2.24, 2.45) is 0 Å². The third kappa shape index (κ3) is 1.16. The highest BCUT2D eigenvalue weighted by Gasteiger charge is 2.22. The van der Waals surface area contributed by atoms with E-state index < -0.39 is 11.9 Å². The Hall–Kier alpha value is -2.09. The number of carbonyl (C=O) groups is 1. The molecule has 0 spiro atoms. The Kier molecular flexibility index (Phi) is 1.83. The zero-order valence-electron chi connectivity index (χ0n) is 8.55. The first-order valence-corrected chi connectivity index (χ1v) is 5.20. The van der Waals surface area contributed by atoms with Gasteiger partial charge in [0.15, 0.2) is 0 Å². The molecule has 0 heterocycles. The van der Waals surface area contributed by atoms with Gasteiger partial charge in [-0.3, -0.25) is 4.79 Å². The Morgan fingerprint density at radius 3 is 2.62 bits per heavy atom. The van der Waals surface area contributed by atoms with Crippen LogP contribution >= 0.6 is 0 Å². The first kappa shape index (κ1) is 9.16. The van der Waals surface area contributed by atoms with Crippen molar-refractivity contribution in [3.05, 3.63) is 53.6 Å². The summed E-state index contributed by atoms with van der Waals surface area (Å²) in [5.74, 6) is -1.31. The number of benzene rings is 2. The molecule has 1 atom stereocenters. The number of aliphatic carboxylic acids is 1. The molecule has 2 heteroatoms. The lowest BCUT2D eigenvalue weighted by molar-refractivity contribution is -0.137. The van der Waals surface area contributed by atoms with Gasteiger partial charge in [-0.25, -0.2) is 0 Å². The maximum Gasteiger partial charge on any atom is 0.314 e. The smallest absolute Gasteiger partial charge is 0.314 e. The molecule has 16 heavy (non-hydrogen) atoms. The maximum absolute atomic E-state index is 11.2. The van der Waals surface area contributed by atoms with Crippen molar-refractivity contribution in [1.82, 2.24) is 0 Å². The highest BCUT2D eigenvalue weighted by atomic mass is 16.4. The van der Waals surface area contributed by atoms with Crippen LogP contribution in [0, 0.1) is 0 Å². The quantitative estimate of drug-likeness (QED) is 0.785. The van der Waals surface area contributed by atoms with Crippen LogP contribution in [0.4, 0.5) is 0 Å². The summed E-state index contributed by atoms with van der Waals surface area (Å²) >= 11 is 0. The van der Waals surface area contributed by atoms with Gasteiger partial charge >= 0.3 is 5.97 Å². The van der Waals surface area contributed by atoms with E-state index in [9.17, 15) is 4.79 Å². The Balaban J connectivity index is 2.40. The normalized spacial score (nSPS) is 17.6. The van der Waals surface area contributed by atoms with E-state index >= 15 is 0 Å². The van der Waals surface area contributed by atoms with Crippen molar-refractivity contribution < 1.29 is 9.90 Å². The Morgan fingerprint density at radius 1 is 1.12 bits per heavy atom. The zero-order chi connectivity index (χ0) is 11.1. The van der Waals surface area contributed by atoms with Crippen molar-refractivity contribution in [2.45, 2.75) is 5.92 Å². The summed E-state index contributed by atoms with van der Waals surface area (Å²) < 4.78 is 0. The minimum atomic E-state index is -0.793. The topological polar surface area (TPSA) is 37.3 Å². The average molecular weight is 210 g/mol. The summed E-state index contributed by atoms with van der Waals surface area (Å²) in [6, 6.07) is 11.8. The van der Waals surface area contributed by atoms with Crippen LogP contribution in [0.5, 0.6) is 0 Å². The summed E-state index contributed by atoms with van der Waals surface area (Å²) in [5.41, 5.74) is 1.99. The van der Waals surface area contributed by atoms with Crippen LogP contribution in [0.15, 0.2) is 42.5 Å². The van der Waals surface area contributed by atoms with Crippen molar-refractivity contribution >= 4 is 22.8 Å². The van der Waals surface area contributed by atoms with Crippen molar-refractivity contribution in [1.29, 1.82) is 0 Å². The molecule has 1 aliphatic carbocycles. The van der Waals surface area contributed by atoms with E-state index in [0.717, 1.165) is 21.9 Å². The van der Waals surface area contributed by atoms with Crippen LogP contribution < -0.4 is 0 Å². The number of carboxylic acid groups (broad SMARTS) is 1. The molecule has 0 saturated heterocycles. The first-order valence-electron chi connectivity index (χ1n) is 5.20. The van der Waals surface area contributed by atoms with E-state index in [-0.39, 0.29) is 0 Å². The molecule has 2 nitrogen and oxygen atoms in total. The molecule has 1 N–H and O–H groups in total. The van der Waals surface area contributed by atoms with E-state index in [0.29, 0.717) is 0 Å². The van der Waals surface area contributed by atoms with E-state index in [1.807, 2.05) is 42.5 Å². The molecule has 1 unspecified atom stereocenters. The summed E-state index contributed by atoms with van der Waals surface area (Å²) in [6.07, 6.45) is 3.65. The molecule has 0 radical (unpaired) electrons. The molecule has 0 fully saturated rings. The molecule has 2 aromatic rings. The summed E-state index contributed by atoms with van der Waals surface area (Å²) in [6.45, 7) is 0. The van der Waals surface area contributed by atoms with E-state index in [4.69, 9.17) is 5.11 Å². The van der Waals surface area contributed by atoms with Crippen LogP contribution in [-0.4, -0.2) is 11.1 Å². The van der Waals surface area contributed by atoms with Gasteiger partial charge in [-0.05, 0) is 21.9 Å². The molecule has 0 saturated carbocycles. The number of rotatable bonds is 1. The van der Waals surface area contributed by atoms with Crippen LogP contribution in [-0.2, 0) is 4.79 Å². The lowest BCUT2D eigenvalue weighted by Gasteiger charge is -2.17. The summed E-state index contributed by atoms with van der Waals surface area (Å²) in [5, 5.41) is 11.3. The standard InChI is InChI=1S/C14H10O2/c15-14(16)12-8-7-10-4-1-3-9-5-2-6-11(12)13(9)10/h1-8,12H,(H,15,16). The van der Waals surface area contributed by atoms with E-state index in [1.165, 1.54) is 0 Å². The highest BCUT2D eigenvalue weighted by Crippen LogP contribution is 2.34. The third-order valence-corrected chi connectivity index (χ3v) is 3.04. The van der Waals surface area contributed by atoms with Gasteiger partial charge in [0.25, 0.3) is 0 Å². The first-order chi connectivity index (χ1) is 7.77. The van der Waals surface area contributed by atoms with Gasteiger partial charge in [-0.15, -0.1) is 0 Å². The molecule has 2 aromatic carbocycles. The third-order valence-electron chi connectivity index (χ3n) is 3.04. The molecule has 0 bridgehead atoms. The van der Waals surface area contributed by atoms with Gasteiger partial charge < -0.3 is 5.11 Å². The van der Waals surface area contributed by atoms with E-state index in [1.54, 1.807) is 6.08 Å². The van der Waals surface area contributed by atoms with Gasteiger partial charge in [0.1, 0.15) is 5.92 Å². The Morgan fingerprint density at radius 2 is 1.88 bits per heavy atom. The molecular formula is C14H10O2. The number of hydrogen-bond acceptors (Lipinski definition) is 1. The largest absolute Gasteiger partial charge is 0.481 e. The second-order valence-electron chi connectivity index (χ2n) is 3.97. The molecule has 3 rings (SSSR count). The molecule has 0 aromatic heterocycles. The van der Waals surface area contributed by atoms with E-state index in [2.05, 4.69) is 0 Å². The fraction of sp³-hybridized carbons (Fsp3) is 0.0714. The van der Waals surface area contributed by atoms with Gasteiger partial charge in [0.05, 0.1) is 0 Å². The summed E-state index contributed by atoms with van der Waals surface area (Å²) in [4.78, 5) is 11.2. The second-order valence-corrected chi connectivity index (χ2v) is 3.97. The molecule has 1 aliphatic rings. The predicted molar refractivity (Wildman–Crippen MR) is 63.4 cm³/mol. The van der Waals surface area contributed by atoms with Gasteiger partial charge in [0.2, 0.25) is 0 Å². The second kappa shape index (κ2) is 3.20. The number of carboxylic acids is 1. The fourth-order valence-electron chi connectivity index (χ4n) is 2.32. The lowest BCUT2D eigenvalue weighted by Crippen LogP contribution is -2.11. The fourth-order valence-corrected chi connectivity index (χ4v) is 2.32. The number of hydrogen-bond donors (Lipinski definition) is 1. The van der Waals surface area contributed by atoms with Crippen LogP contribution in [0.25, 0.3) is 16.8 Å². The molecular weight excluding hydrogens is 200 g/mol. The van der Waals surface area contributed by atoms with Gasteiger partial charge in [0, 0.05) is 0 Å². The van der Waals surface area contributed by atoms with Gasteiger partial charge in [-0.2, -0.15) is 0 Å². The van der Waals surface area contributed by atoms with Crippen molar-refractivity contribution in [3.63, 3.8) is 0 Å². The predicted octanol–water partition coefficient (Wildman–Crippen LogP) is 3.03. The minimum Gasteiger partial charge on any atom is -0.481 e. The molecule has 0 amide bonds. The Bertz CT molecular complexity index is 606. The lowest BCUT2D eigenvalue weighted by atomic mass is 9.86. The van der Waals surface area contributed by atoms with Crippen LogP contribution in [0.3, 0.4) is 0 Å². The van der Waals surface area contributed by atoms with Gasteiger partial charge in [-0.1, -0.05) is 48.6 Å². The van der Waals surface area contributed by atoms with Crippen LogP contribution in [0.2, 0.25) is 0 Å². The molecule has 78 valence electrons. The monoisotopic (exact) mass is 210 g/mol. The SMILES string of the molecule is O=C(O)C1C=Cc2cccc3cccc1c23. The van der Waals surface area contributed by atoms with Crippen LogP contribution in [0.1, 0.15) is 17.0 Å². The molecule has 0 aliphatic heterocycles. The summed E-state index contributed by atoms with van der Waals surface area (Å²) in [7, 11) is 0. The highest BCUT2D eigenvalue weighted by molar-refractivity contribution is 5.99. The minimum absolute atomic E-state index is 0.515. The average Bonchev–Trinajstić information content (AvgIpc) is 2.30.